The average molecular weight is 420 g/mol. The first-order valence-electron chi connectivity index (χ1n) is 9.02. The van der Waals surface area contributed by atoms with Crippen LogP contribution in [-0.4, -0.2) is 40.1 Å². The largest absolute Gasteiger partial charge is 0.497 e. The molecule has 2 rings (SSSR count). The highest BCUT2D eigenvalue weighted by molar-refractivity contribution is 7.89. The molecule has 156 valence electrons. The normalized spacial score (nSPS) is 12.1. The van der Waals surface area contributed by atoms with Crippen molar-refractivity contribution in [2.24, 2.45) is 0 Å². The van der Waals surface area contributed by atoms with Crippen LogP contribution in [0.1, 0.15) is 30.6 Å². The molecule has 0 aliphatic heterocycles. The Morgan fingerprint density at radius 2 is 1.79 bits per heavy atom. The number of benzene rings is 2. The highest BCUT2D eigenvalue weighted by Gasteiger charge is 2.21. The second-order valence-electron chi connectivity index (χ2n) is 6.19. The molecule has 2 N–H and O–H groups in total. The number of amides is 1. The van der Waals surface area contributed by atoms with Gasteiger partial charge in [0, 0.05) is 12.2 Å². The van der Waals surface area contributed by atoms with Gasteiger partial charge >= 0.3 is 5.97 Å². The summed E-state index contributed by atoms with van der Waals surface area (Å²) in [6, 6.07) is 12.2. The monoisotopic (exact) mass is 420 g/mol. The van der Waals surface area contributed by atoms with Crippen molar-refractivity contribution in [3.05, 3.63) is 54.1 Å². The van der Waals surface area contributed by atoms with E-state index in [0.717, 1.165) is 0 Å². The Balaban J connectivity index is 2.03. The lowest BCUT2D eigenvalue weighted by atomic mass is 10.2. The highest BCUT2D eigenvalue weighted by Crippen LogP contribution is 2.16. The van der Waals surface area contributed by atoms with Crippen molar-refractivity contribution in [3.63, 3.8) is 0 Å². The van der Waals surface area contributed by atoms with Gasteiger partial charge in [0.15, 0.2) is 6.10 Å². The number of esters is 1. The van der Waals surface area contributed by atoms with Crippen molar-refractivity contribution < 1.29 is 27.5 Å². The Bertz CT molecular complexity index is 957. The molecule has 0 aliphatic rings. The minimum atomic E-state index is -3.72. The minimum absolute atomic E-state index is 0.0356. The third-order valence-corrected chi connectivity index (χ3v) is 5.39. The molecule has 0 heterocycles. The van der Waals surface area contributed by atoms with Gasteiger partial charge in [-0.05, 0) is 55.8 Å². The summed E-state index contributed by atoms with van der Waals surface area (Å²) in [5.74, 6) is -0.669. The third-order valence-electron chi connectivity index (χ3n) is 3.93. The van der Waals surface area contributed by atoms with E-state index in [2.05, 4.69) is 10.0 Å². The maximum absolute atomic E-state index is 12.4. The molecule has 0 spiro atoms. The number of anilines is 1. The molecule has 0 aromatic heterocycles. The second-order valence-corrected chi connectivity index (χ2v) is 7.96. The molecule has 0 fully saturated rings. The predicted octanol–water partition coefficient (Wildman–Crippen LogP) is 2.57. The highest BCUT2D eigenvalue weighted by atomic mass is 32.2. The maximum Gasteiger partial charge on any atom is 0.338 e. The molecule has 0 aliphatic carbocycles. The zero-order valence-electron chi connectivity index (χ0n) is 16.5. The second kappa shape index (κ2) is 10.0. The summed E-state index contributed by atoms with van der Waals surface area (Å²) < 4.78 is 37.1. The Hall–Kier alpha value is -2.91. The minimum Gasteiger partial charge on any atom is -0.497 e. The van der Waals surface area contributed by atoms with Gasteiger partial charge in [-0.2, -0.15) is 0 Å². The van der Waals surface area contributed by atoms with Gasteiger partial charge in [0.2, 0.25) is 10.0 Å². The Labute approximate surface area is 170 Å². The van der Waals surface area contributed by atoms with Crippen LogP contribution in [0.2, 0.25) is 0 Å². The quantitative estimate of drug-likeness (QED) is 0.603. The van der Waals surface area contributed by atoms with Gasteiger partial charge in [0.05, 0.1) is 17.6 Å². The molecule has 0 bridgehead atoms. The summed E-state index contributed by atoms with van der Waals surface area (Å²) in [5, 5.41) is 2.63. The first-order valence-corrected chi connectivity index (χ1v) is 10.5. The van der Waals surface area contributed by atoms with E-state index >= 15 is 0 Å². The zero-order valence-corrected chi connectivity index (χ0v) is 17.3. The van der Waals surface area contributed by atoms with Crippen LogP contribution >= 0.6 is 0 Å². The molecule has 29 heavy (non-hydrogen) atoms. The summed E-state index contributed by atoms with van der Waals surface area (Å²) in [7, 11) is -2.18. The molecular formula is C20H24N2O6S. The van der Waals surface area contributed by atoms with E-state index in [1.807, 2.05) is 6.92 Å². The maximum atomic E-state index is 12.4. The zero-order chi connectivity index (χ0) is 21.4. The van der Waals surface area contributed by atoms with Gasteiger partial charge in [-0.1, -0.05) is 13.0 Å². The fourth-order valence-electron chi connectivity index (χ4n) is 2.31. The number of methoxy groups -OCH3 is 1. The molecule has 0 saturated heterocycles. The van der Waals surface area contributed by atoms with Gasteiger partial charge in [0.25, 0.3) is 5.91 Å². The van der Waals surface area contributed by atoms with Gasteiger partial charge < -0.3 is 14.8 Å². The number of ether oxygens (including phenoxy) is 2. The molecule has 8 nitrogen and oxygen atoms in total. The third kappa shape index (κ3) is 6.30. The molecule has 1 amide bonds. The van der Waals surface area contributed by atoms with Crippen molar-refractivity contribution >= 4 is 27.6 Å². The molecule has 2 aromatic carbocycles. The van der Waals surface area contributed by atoms with E-state index in [1.54, 1.807) is 24.3 Å². The number of carbonyl (C=O) groups is 2. The van der Waals surface area contributed by atoms with Gasteiger partial charge in [0.1, 0.15) is 5.75 Å². The number of rotatable bonds is 9. The van der Waals surface area contributed by atoms with Crippen molar-refractivity contribution in [2.75, 3.05) is 19.0 Å². The van der Waals surface area contributed by atoms with E-state index in [0.29, 0.717) is 24.4 Å². The Kier molecular flexibility index (Phi) is 7.74. The van der Waals surface area contributed by atoms with Crippen molar-refractivity contribution in [3.8, 4) is 5.75 Å². The lowest BCUT2D eigenvalue weighted by Crippen LogP contribution is -2.30. The summed E-state index contributed by atoms with van der Waals surface area (Å²) in [4.78, 5) is 24.6. The van der Waals surface area contributed by atoms with Crippen LogP contribution in [0.15, 0.2) is 53.4 Å². The topological polar surface area (TPSA) is 111 Å². The van der Waals surface area contributed by atoms with Crippen molar-refractivity contribution in [1.29, 1.82) is 0 Å². The van der Waals surface area contributed by atoms with E-state index in [9.17, 15) is 18.0 Å². The summed E-state index contributed by atoms with van der Waals surface area (Å²) in [6.45, 7) is 3.56. The first kappa shape index (κ1) is 22.4. The van der Waals surface area contributed by atoms with E-state index in [4.69, 9.17) is 9.47 Å². The van der Waals surface area contributed by atoms with E-state index < -0.39 is 28.0 Å². The fourth-order valence-corrected chi connectivity index (χ4v) is 3.49. The van der Waals surface area contributed by atoms with Crippen LogP contribution in [0.25, 0.3) is 0 Å². The number of sulfonamides is 1. The van der Waals surface area contributed by atoms with Gasteiger partial charge in [-0.25, -0.2) is 17.9 Å². The lowest BCUT2D eigenvalue weighted by Gasteiger charge is -2.14. The van der Waals surface area contributed by atoms with Crippen LogP contribution in [-0.2, 0) is 19.6 Å². The molecule has 9 heteroatoms. The van der Waals surface area contributed by atoms with Crippen LogP contribution in [0, 0.1) is 0 Å². The SMILES string of the molecule is CCCNS(=O)(=O)c1cccc(C(=O)O[C@H](C)C(=O)Nc2ccc(OC)cc2)c1. The van der Waals surface area contributed by atoms with Crippen LogP contribution in [0.5, 0.6) is 5.75 Å². The van der Waals surface area contributed by atoms with Gasteiger partial charge in [-0.15, -0.1) is 0 Å². The summed E-state index contributed by atoms with van der Waals surface area (Å²) in [5.41, 5.74) is 0.558. The molecule has 0 unspecified atom stereocenters. The molecule has 0 radical (unpaired) electrons. The molecule has 1 atom stereocenters. The number of hydrogen-bond acceptors (Lipinski definition) is 6. The molecule has 2 aromatic rings. The van der Waals surface area contributed by atoms with Crippen molar-refractivity contribution in [2.45, 2.75) is 31.3 Å². The van der Waals surface area contributed by atoms with E-state index in [-0.39, 0.29) is 10.5 Å². The number of nitrogens with one attached hydrogen (secondary N) is 2. The fraction of sp³-hybridized carbons (Fsp3) is 0.300. The summed E-state index contributed by atoms with van der Waals surface area (Å²) >= 11 is 0. The summed E-state index contributed by atoms with van der Waals surface area (Å²) in [6.07, 6.45) is -0.440. The van der Waals surface area contributed by atoms with E-state index in [1.165, 1.54) is 38.3 Å². The van der Waals surface area contributed by atoms with Crippen LogP contribution < -0.4 is 14.8 Å². The number of carbonyl (C=O) groups excluding carboxylic acids is 2. The smallest absolute Gasteiger partial charge is 0.338 e. The number of hydrogen-bond donors (Lipinski definition) is 2. The standard InChI is InChI=1S/C20H24N2O6S/c1-4-12-21-29(25,26)18-7-5-6-15(13-18)20(24)28-14(2)19(23)22-16-8-10-17(27-3)11-9-16/h5-11,13-14,21H,4,12H2,1-3H3,(H,22,23)/t14-/m1/s1. The van der Waals surface area contributed by atoms with Crippen LogP contribution in [0.4, 0.5) is 5.69 Å². The molecule has 0 saturated carbocycles. The van der Waals surface area contributed by atoms with Gasteiger partial charge in [-0.3, -0.25) is 4.79 Å². The van der Waals surface area contributed by atoms with Crippen molar-refractivity contribution in [1.82, 2.24) is 4.72 Å². The first-order chi connectivity index (χ1) is 13.8. The predicted molar refractivity (Wildman–Crippen MR) is 108 cm³/mol. The van der Waals surface area contributed by atoms with Crippen LogP contribution in [0.3, 0.4) is 0 Å². The Morgan fingerprint density at radius 1 is 1.10 bits per heavy atom. The Morgan fingerprint density at radius 3 is 2.41 bits per heavy atom. The average Bonchev–Trinajstić information content (AvgIpc) is 2.72. The lowest BCUT2D eigenvalue weighted by molar-refractivity contribution is -0.123. The molecular weight excluding hydrogens is 396 g/mol.